The van der Waals surface area contributed by atoms with Crippen LogP contribution in [0.25, 0.3) is 5.69 Å². The first kappa shape index (κ1) is 12.7. The van der Waals surface area contributed by atoms with Gasteiger partial charge in [0.25, 0.3) is 0 Å². The molecule has 19 heavy (non-hydrogen) atoms. The van der Waals surface area contributed by atoms with Crippen molar-refractivity contribution < 1.29 is 0 Å². The highest BCUT2D eigenvalue weighted by atomic mass is 35.5. The Morgan fingerprint density at radius 1 is 1.21 bits per heavy atom. The van der Waals surface area contributed by atoms with Crippen molar-refractivity contribution in [2.75, 3.05) is 0 Å². The number of halogens is 1. The van der Waals surface area contributed by atoms with Gasteiger partial charge in [-0.05, 0) is 49.9 Å². The fourth-order valence-electron chi connectivity index (χ4n) is 2.49. The van der Waals surface area contributed by atoms with Crippen LogP contribution in [0.5, 0.6) is 0 Å². The Kier molecular flexibility index (Phi) is 3.31. The summed E-state index contributed by atoms with van der Waals surface area (Å²) in [4.78, 5) is 0. The molecule has 1 aromatic carbocycles. The van der Waals surface area contributed by atoms with Gasteiger partial charge >= 0.3 is 0 Å². The van der Waals surface area contributed by atoms with Crippen molar-refractivity contribution >= 4 is 11.6 Å². The Bertz CT molecular complexity index is 599. The molecule has 0 aliphatic heterocycles. The smallest absolute Gasteiger partial charge is 0.152 e. The second kappa shape index (κ2) is 4.97. The molecule has 0 atom stereocenters. The van der Waals surface area contributed by atoms with Crippen molar-refractivity contribution in [1.29, 1.82) is 0 Å². The predicted molar refractivity (Wildman–Crippen MR) is 77.0 cm³/mol. The SMILES string of the molecule is Cc1ccc(-n2c(CCl)nnc2C2CCC2)cc1C. The summed E-state index contributed by atoms with van der Waals surface area (Å²) in [6.07, 6.45) is 3.72. The Labute approximate surface area is 118 Å². The van der Waals surface area contributed by atoms with Crippen LogP contribution >= 0.6 is 11.6 Å². The van der Waals surface area contributed by atoms with E-state index < -0.39 is 0 Å². The molecule has 0 saturated heterocycles. The van der Waals surface area contributed by atoms with Gasteiger partial charge in [-0.15, -0.1) is 21.8 Å². The van der Waals surface area contributed by atoms with Gasteiger partial charge in [0.05, 0.1) is 5.88 Å². The lowest BCUT2D eigenvalue weighted by Crippen LogP contribution is -2.15. The maximum absolute atomic E-state index is 6.01. The fraction of sp³-hybridized carbons (Fsp3) is 0.467. The van der Waals surface area contributed by atoms with Crippen LogP contribution in [0.3, 0.4) is 0 Å². The number of nitrogens with zero attached hydrogens (tertiary/aromatic N) is 3. The second-order valence-corrected chi connectivity index (χ2v) is 5.61. The third-order valence-electron chi connectivity index (χ3n) is 4.09. The van der Waals surface area contributed by atoms with E-state index in [2.05, 4.69) is 46.8 Å². The molecule has 2 aromatic rings. The topological polar surface area (TPSA) is 30.7 Å². The van der Waals surface area contributed by atoms with E-state index in [4.69, 9.17) is 11.6 Å². The lowest BCUT2D eigenvalue weighted by molar-refractivity contribution is 0.396. The van der Waals surface area contributed by atoms with E-state index in [1.165, 1.54) is 30.4 Å². The zero-order valence-electron chi connectivity index (χ0n) is 11.4. The molecule has 4 heteroatoms. The molecular formula is C15H18ClN3. The molecule has 0 amide bonds. The van der Waals surface area contributed by atoms with Crippen LogP contribution in [0.4, 0.5) is 0 Å². The monoisotopic (exact) mass is 275 g/mol. The van der Waals surface area contributed by atoms with Gasteiger partial charge < -0.3 is 0 Å². The zero-order chi connectivity index (χ0) is 13.4. The minimum atomic E-state index is 0.395. The summed E-state index contributed by atoms with van der Waals surface area (Å²) < 4.78 is 2.14. The van der Waals surface area contributed by atoms with Crippen molar-refractivity contribution in [3.63, 3.8) is 0 Å². The van der Waals surface area contributed by atoms with Crippen molar-refractivity contribution in [1.82, 2.24) is 14.8 Å². The highest BCUT2D eigenvalue weighted by molar-refractivity contribution is 6.16. The second-order valence-electron chi connectivity index (χ2n) is 5.34. The first-order valence-electron chi connectivity index (χ1n) is 6.78. The molecule has 1 saturated carbocycles. The van der Waals surface area contributed by atoms with E-state index in [9.17, 15) is 0 Å². The number of rotatable bonds is 3. The minimum Gasteiger partial charge on any atom is -0.282 e. The summed E-state index contributed by atoms with van der Waals surface area (Å²) in [6, 6.07) is 6.47. The predicted octanol–water partition coefficient (Wildman–Crippen LogP) is 3.89. The first-order valence-corrected chi connectivity index (χ1v) is 7.32. The van der Waals surface area contributed by atoms with Gasteiger partial charge in [0.2, 0.25) is 0 Å². The van der Waals surface area contributed by atoms with Gasteiger partial charge in [0.1, 0.15) is 5.82 Å². The number of hydrogen-bond donors (Lipinski definition) is 0. The maximum atomic E-state index is 6.01. The van der Waals surface area contributed by atoms with Crippen LogP contribution in [0.2, 0.25) is 0 Å². The van der Waals surface area contributed by atoms with Crippen LogP contribution in [0.15, 0.2) is 18.2 Å². The lowest BCUT2D eigenvalue weighted by Gasteiger charge is -2.25. The van der Waals surface area contributed by atoms with Gasteiger partial charge in [-0.1, -0.05) is 12.5 Å². The summed E-state index contributed by atoms with van der Waals surface area (Å²) in [7, 11) is 0. The third-order valence-corrected chi connectivity index (χ3v) is 4.33. The van der Waals surface area contributed by atoms with Crippen molar-refractivity contribution in [2.24, 2.45) is 0 Å². The van der Waals surface area contributed by atoms with E-state index in [0.29, 0.717) is 11.8 Å². The number of aryl methyl sites for hydroxylation is 2. The van der Waals surface area contributed by atoms with E-state index >= 15 is 0 Å². The molecule has 0 spiro atoms. The average Bonchev–Trinajstić information content (AvgIpc) is 2.74. The van der Waals surface area contributed by atoms with Crippen molar-refractivity contribution in [3.05, 3.63) is 41.0 Å². The standard InChI is InChI=1S/C15H18ClN3/c1-10-6-7-13(8-11(10)2)19-14(9-16)17-18-15(19)12-4-3-5-12/h6-8,12H,3-5,9H2,1-2H3. The van der Waals surface area contributed by atoms with Crippen molar-refractivity contribution in [2.45, 2.75) is 44.9 Å². The molecule has 0 N–H and O–H groups in total. The third kappa shape index (κ3) is 2.16. The Hall–Kier alpha value is -1.35. The highest BCUT2D eigenvalue weighted by Crippen LogP contribution is 2.36. The summed E-state index contributed by atoms with van der Waals surface area (Å²) in [5, 5.41) is 8.61. The minimum absolute atomic E-state index is 0.395. The normalized spacial score (nSPS) is 15.5. The molecule has 1 aromatic heterocycles. The molecule has 0 radical (unpaired) electrons. The molecule has 0 unspecified atom stereocenters. The van der Waals surface area contributed by atoms with E-state index in [0.717, 1.165) is 17.3 Å². The molecule has 100 valence electrons. The van der Waals surface area contributed by atoms with Crippen LogP contribution in [0.1, 0.15) is 48.0 Å². The Morgan fingerprint density at radius 2 is 2.00 bits per heavy atom. The fourth-order valence-corrected chi connectivity index (χ4v) is 2.67. The number of aromatic nitrogens is 3. The van der Waals surface area contributed by atoms with Gasteiger partial charge in [-0.2, -0.15) is 0 Å². The molecule has 3 rings (SSSR count). The maximum Gasteiger partial charge on any atom is 0.152 e. The van der Waals surface area contributed by atoms with Gasteiger partial charge in [0, 0.05) is 11.6 Å². The zero-order valence-corrected chi connectivity index (χ0v) is 12.1. The first-order chi connectivity index (χ1) is 9.20. The highest BCUT2D eigenvalue weighted by Gasteiger charge is 2.27. The average molecular weight is 276 g/mol. The van der Waals surface area contributed by atoms with Gasteiger partial charge in [0.15, 0.2) is 5.82 Å². The molecule has 3 nitrogen and oxygen atoms in total. The van der Waals surface area contributed by atoms with Gasteiger partial charge in [-0.25, -0.2) is 0 Å². The molecule has 1 aliphatic rings. The Balaban J connectivity index is 2.10. The van der Waals surface area contributed by atoms with Crippen LogP contribution in [-0.4, -0.2) is 14.8 Å². The molecular weight excluding hydrogens is 258 g/mol. The molecule has 0 bridgehead atoms. The quantitative estimate of drug-likeness (QED) is 0.796. The number of hydrogen-bond acceptors (Lipinski definition) is 2. The number of benzene rings is 1. The molecule has 1 heterocycles. The number of alkyl halides is 1. The van der Waals surface area contributed by atoms with E-state index in [1.807, 2.05) is 0 Å². The lowest BCUT2D eigenvalue weighted by atomic mass is 9.84. The largest absolute Gasteiger partial charge is 0.282 e. The van der Waals surface area contributed by atoms with E-state index in [-0.39, 0.29) is 0 Å². The van der Waals surface area contributed by atoms with Crippen LogP contribution < -0.4 is 0 Å². The molecule has 1 fully saturated rings. The summed E-state index contributed by atoms with van der Waals surface area (Å²) in [6.45, 7) is 4.26. The summed E-state index contributed by atoms with van der Waals surface area (Å²) in [5.41, 5.74) is 3.71. The summed E-state index contributed by atoms with van der Waals surface area (Å²) in [5.74, 6) is 2.86. The van der Waals surface area contributed by atoms with Crippen LogP contribution in [0, 0.1) is 13.8 Å². The van der Waals surface area contributed by atoms with Crippen molar-refractivity contribution in [3.8, 4) is 5.69 Å². The van der Waals surface area contributed by atoms with Crippen LogP contribution in [-0.2, 0) is 5.88 Å². The summed E-state index contributed by atoms with van der Waals surface area (Å²) >= 11 is 6.01. The Morgan fingerprint density at radius 3 is 2.58 bits per heavy atom. The van der Waals surface area contributed by atoms with E-state index in [1.54, 1.807) is 0 Å². The van der Waals surface area contributed by atoms with Gasteiger partial charge in [-0.3, -0.25) is 4.57 Å². The molecule has 1 aliphatic carbocycles.